The van der Waals surface area contributed by atoms with Gasteiger partial charge in [-0.15, -0.1) is 56.7 Å². The molecule has 0 fully saturated rings. The monoisotopic (exact) mass is 2220 g/mol. The molecule has 6 nitrogen and oxygen atoms in total. The van der Waals surface area contributed by atoms with Crippen LogP contribution in [-0.2, 0) is 19.3 Å². The summed E-state index contributed by atoms with van der Waals surface area (Å²) >= 11 is 21.2. The number of benzene rings is 3. The third-order valence-corrected chi connectivity index (χ3v) is 59.4. The molecule has 0 bridgehead atoms. The van der Waals surface area contributed by atoms with Crippen LogP contribution in [0.2, 0.25) is 32.0 Å². The standard InChI is InChI=1S/C60H78N4S6Si.C24H36S2Si.C18H21BrN2S2.2C3H7.2Sn/c1-9-17-21-39(13-5)33-43-25-31-49(65-43)45-27-29-47(57-55(45)61-69-63-57)51-35-53-59(67-51)60-54(71(53,37-41(15-7)23-19-11-3)38-42(16-8)24-20-12-4)36-52(68-60)48-30-28-46(56-58(48)64-70-62-56)50-32-26-44(66-50)34-40(14-6)22-18-10-2;1-5-9-11-19(7-3)17-27(18-20(8-4)12-10-6-2)21-13-15-25-23(21)24-22(27)14-16-26-24;1-3-5-6-12(4-2)11-13-7-10-16(22-13)14-8-9-15(19)18-17(14)20-23-21-18;2*1-3-2;;/h25-32,35-36,39-42H,9-24,33-34,37-38H2,1-8H3;13-14,19-20H,5-12,17-18H2,1-4H3;7-10,12H,3-6,11H2,1-2H3;2*3H,1-2H3;;. The zero-order chi connectivity index (χ0) is 91.3. The van der Waals surface area contributed by atoms with Crippen LogP contribution in [0.4, 0.5) is 0 Å². The third-order valence-electron chi connectivity index (χ3n) is 28.6. The Morgan fingerprint density at radius 3 is 0.806 bits per heavy atom. The van der Waals surface area contributed by atoms with Gasteiger partial charge in [0.15, 0.2) is 0 Å². The summed E-state index contributed by atoms with van der Waals surface area (Å²) in [7, 11) is -4.01. The molecule has 0 amide bonds. The molecule has 0 N–H and O–H groups in total. The van der Waals surface area contributed by atoms with Crippen molar-refractivity contribution >= 4 is 249 Å². The van der Waals surface area contributed by atoms with E-state index in [9.17, 15) is 0 Å². The van der Waals surface area contributed by atoms with Gasteiger partial charge in [0, 0.05) is 81.1 Å². The first-order valence-corrected chi connectivity index (χ1v) is 70.3. The summed E-state index contributed by atoms with van der Waals surface area (Å²) in [5.74, 6) is 5.62. The van der Waals surface area contributed by atoms with Crippen molar-refractivity contribution in [2.45, 2.75) is 356 Å². The van der Waals surface area contributed by atoms with E-state index in [0.29, 0.717) is 0 Å². The number of hydrogen-bond donors (Lipinski definition) is 0. The normalized spacial score (nSPS) is 15.6. The SMILES string of the molecule is CCCCC(CC)C[Si]1(CC(CC)CCCC)c2c[c]([Sn][CH](C)C)sc2-c2s[c]([Sn][CH](C)C)cc21.CCCCC(CC)Cc1ccc(-c2ccc(-c3cc4c(s3)-c3sc(-c5ccc(-c6ccc(CC(CC)CCCC)s6)c6nsnc56)cc3[Si]4(CC(CC)CCCC)CC(CC)CCCC)c3nsnc23)s1.CCCCC(CC)Cc1ccc(-c2ccc(Br)c3nsnc23)s1. The average molecular weight is 2230 g/mol. The molecule has 3 aromatic carbocycles. The Morgan fingerprint density at radius 1 is 0.279 bits per heavy atom. The minimum Gasteiger partial charge on any atom is -0.172 e. The molecule has 13 aromatic rings. The van der Waals surface area contributed by atoms with Gasteiger partial charge in [0.1, 0.15) is 41.2 Å². The first-order chi connectivity index (χ1) is 62.8. The number of aromatic nitrogens is 6. The molecule has 129 heavy (non-hydrogen) atoms. The quantitative estimate of drug-likeness (QED) is 0.0354. The number of fused-ring (bicyclic) bond motifs is 9. The van der Waals surface area contributed by atoms with E-state index in [0.717, 1.165) is 86.9 Å². The zero-order valence-electron chi connectivity index (χ0n) is 81.3. The molecule has 7 unspecified atom stereocenters. The molecule has 4 radical (unpaired) electrons. The maximum atomic E-state index is 5.11. The van der Waals surface area contributed by atoms with Crippen LogP contribution in [0.25, 0.3) is 105 Å². The van der Waals surface area contributed by atoms with Crippen LogP contribution in [-0.4, -0.2) is 84.7 Å². The minimum atomic E-state index is -2.28. The first kappa shape index (κ1) is 104. The summed E-state index contributed by atoms with van der Waals surface area (Å²) < 4.78 is 35.7. The molecule has 2 aliphatic heterocycles. The van der Waals surface area contributed by atoms with Gasteiger partial charge in [-0.2, -0.15) is 26.2 Å². The molecule has 2 aliphatic rings. The minimum absolute atomic E-state index is 0.464. The van der Waals surface area contributed by atoms with Gasteiger partial charge in [-0.1, -0.05) is 228 Å². The molecule has 21 heteroatoms. The molecule has 12 heterocycles. The fraction of sp³-hybridized carbons (Fsp3) is 0.574. The summed E-state index contributed by atoms with van der Waals surface area (Å²) in [6.45, 7) is 43.3. The number of thiophene rings is 7. The molecule has 0 aliphatic carbocycles. The predicted molar refractivity (Wildman–Crippen MR) is 598 cm³/mol. The summed E-state index contributed by atoms with van der Waals surface area (Å²) in [6, 6.07) is 44.6. The largest absolute Gasteiger partial charge is 0.172 e. The van der Waals surface area contributed by atoms with E-state index in [1.807, 2.05) is 50.2 Å². The molecule has 7 atom stereocenters. The van der Waals surface area contributed by atoms with Gasteiger partial charge in [-0.05, 0) is 142 Å². The maximum absolute atomic E-state index is 5.11. The van der Waals surface area contributed by atoms with Gasteiger partial charge in [0.25, 0.3) is 0 Å². The molecule has 694 valence electrons. The number of hydrogen-bond acceptors (Lipinski definition) is 16. The molecular formula is C108H149BrN6S10Si2Sn2. The van der Waals surface area contributed by atoms with Crippen LogP contribution in [0.1, 0.15) is 319 Å². The fourth-order valence-electron chi connectivity index (χ4n) is 20.9. The van der Waals surface area contributed by atoms with E-state index < -0.39 is 58.4 Å². The Labute approximate surface area is 850 Å². The van der Waals surface area contributed by atoms with Crippen LogP contribution in [0.15, 0.2) is 102 Å². The Balaban J connectivity index is 0.000000201. The average Bonchev–Trinajstić information content (AvgIpc) is 1.52. The van der Waals surface area contributed by atoms with Gasteiger partial charge >= 0.3 is 250 Å². The number of rotatable bonds is 51. The third kappa shape index (κ3) is 25.2. The van der Waals surface area contributed by atoms with Gasteiger partial charge < -0.3 is 0 Å². The Kier molecular flexibility index (Phi) is 41.0. The number of unbranched alkanes of at least 4 members (excludes halogenated alkanes) is 7. The summed E-state index contributed by atoms with van der Waals surface area (Å²) in [6.07, 6.45) is 40.7. The van der Waals surface area contributed by atoms with Crippen molar-refractivity contribution in [3.05, 3.63) is 116 Å². The smallest absolute Gasteiger partial charge is 0.122 e. The van der Waals surface area contributed by atoms with Crippen LogP contribution >= 0.6 is 130 Å². The molecule has 15 rings (SSSR count). The topological polar surface area (TPSA) is 77.3 Å². The van der Waals surface area contributed by atoms with Crippen LogP contribution < -0.4 is 26.5 Å². The summed E-state index contributed by atoms with van der Waals surface area (Å²) in [4.78, 5) is 17.8. The van der Waals surface area contributed by atoms with Crippen molar-refractivity contribution in [3.63, 3.8) is 0 Å². The van der Waals surface area contributed by atoms with E-state index in [-0.39, 0.29) is 0 Å². The van der Waals surface area contributed by atoms with E-state index in [4.69, 9.17) is 17.5 Å². The summed E-state index contributed by atoms with van der Waals surface area (Å²) in [5, 5.41) is 7.31. The van der Waals surface area contributed by atoms with Crippen molar-refractivity contribution in [1.29, 1.82) is 0 Å². The summed E-state index contributed by atoms with van der Waals surface area (Å²) in [5.41, 5.74) is 12.4. The fourth-order valence-corrected chi connectivity index (χ4v) is 58.3. The Hall–Kier alpha value is -2.47. The second-order valence-electron chi connectivity index (χ2n) is 38.6. The Bertz CT molecular complexity index is 5340. The molecule has 0 spiro atoms. The van der Waals surface area contributed by atoms with Crippen LogP contribution in [0.5, 0.6) is 0 Å². The van der Waals surface area contributed by atoms with E-state index in [1.165, 1.54) is 325 Å². The van der Waals surface area contributed by atoms with Gasteiger partial charge in [0.2, 0.25) is 0 Å². The van der Waals surface area contributed by atoms with Crippen molar-refractivity contribution < 1.29 is 0 Å². The predicted octanol–water partition coefficient (Wildman–Crippen LogP) is 35.1. The van der Waals surface area contributed by atoms with Gasteiger partial charge in [-0.25, -0.2) is 0 Å². The first-order valence-electron chi connectivity index (χ1n) is 50.6. The molecular weight excluding hydrogens is 2080 g/mol. The number of halogens is 1. The van der Waals surface area contributed by atoms with E-state index in [2.05, 4.69) is 292 Å². The van der Waals surface area contributed by atoms with Crippen molar-refractivity contribution in [3.8, 4) is 71.7 Å². The second kappa shape index (κ2) is 50.9. The van der Waals surface area contributed by atoms with Crippen LogP contribution in [0.3, 0.4) is 0 Å². The Morgan fingerprint density at radius 2 is 0.527 bits per heavy atom. The number of nitrogens with zero attached hydrogens (tertiary/aromatic N) is 6. The van der Waals surface area contributed by atoms with Crippen molar-refractivity contribution in [2.75, 3.05) is 0 Å². The van der Waals surface area contributed by atoms with Crippen molar-refractivity contribution in [1.82, 2.24) is 26.2 Å². The van der Waals surface area contributed by atoms with Gasteiger partial charge in [0.05, 0.1) is 35.2 Å². The molecule has 0 saturated heterocycles. The molecule has 0 saturated carbocycles. The van der Waals surface area contributed by atoms with E-state index >= 15 is 0 Å². The van der Waals surface area contributed by atoms with Crippen molar-refractivity contribution in [2.24, 2.45) is 41.4 Å². The zero-order valence-corrected chi connectivity index (χ0v) is 98.8. The van der Waals surface area contributed by atoms with Crippen LogP contribution in [0, 0.1) is 41.4 Å². The van der Waals surface area contributed by atoms with Gasteiger partial charge in [-0.3, -0.25) is 0 Å². The maximum Gasteiger partial charge on any atom is 0.122 e. The second-order valence-corrected chi connectivity index (χ2v) is 70.3. The van der Waals surface area contributed by atoms with E-state index in [1.54, 1.807) is 29.9 Å². The molecule has 10 aromatic heterocycles.